The number of rotatable bonds is 20. The maximum absolute atomic E-state index is 12.8. The van der Waals surface area contributed by atoms with Gasteiger partial charge in [-0.1, -0.05) is 103 Å². The van der Waals surface area contributed by atoms with Crippen LogP contribution in [0.3, 0.4) is 0 Å². The molecule has 0 radical (unpaired) electrons. The maximum atomic E-state index is 12.8. The lowest BCUT2D eigenvalue weighted by molar-refractivity contribution is 0.0253. The van der Waals surface area contributed by atoms with Crippen LogP contribution in [0.15, 0.2) is 72.8 Å². The average Bonchev–Trinajstić information content (AvgIpc) is 3.03. The molecule has 0 fully saturated rings. The highest BCUT2D eigenvalue weighted by Crippen LogP contribution is 2.24. The van der Waals surface area contributed by atoms with Crippen LogP contribution in [0.4, 0.5) is 0 Å². The summed E-state index contributed by atoms with van der Waals surface area (Å²) in [6, 6.07) is 22.0. The Morgan fingerprint density at radius 3 is 1.67 bits per heavy atom. The Kier molecular flexibility index (Phi) is 15.4. The summed E-state index contributed by atoms with van der Waals surface area (Å²) in [4.78, 5) is 25.5. The van der Waals surface area contributed by atoms with Gasteiger partial charge in [-0.05, 0) is 85.3 Å². The second kappa shape index (κ2) is 19.6. The molecule has 0 N–H and O–H groups in total. The Hall–Kier alpha value is -3.60. The highest BCUT2D eigenvalue weighted by atomic mass is 16.5. The van der Waals surface area contributed by atoms with Gasteiger partial charge in [0.1, 0.15) is 17.6 Å². The van der Waals surface area contributed by atoms with E-state index in [1.165, 1.54) is 51.4 Å². The fraction of sp³-hybridized carbons (Fsp3) is 0.474. The lowest BCUT2D eigenvalue weighted by atomic mass is 10.0. The first-order valence-corrected chi connectivity index (χ1v) is 16.4. The third-order valence-electron chi connectivity index (χ3n) is 7.64. The molecule has 0 aliphatic rings. The van der Waals surface area contributed by atoms with E-state index in [-0.39, 0.29) is 12.1 Å². The van der Waals surface area contributed by atoms with Gasteiger partial charge in [-0.15, -0.1) is 0 Å². The van der Waals surface area contributed by atoms with Crippen molar-refractivity contribution in [2.24, 2.45) is 0 Å². The van der Waals surface area contributed by atoms with Crippen LogP contribution < -0.4 is 9.47 Å². The van der Waals surface area contributed by atoms with Gasteiger partial charge >= 0.3 is 11.9 Å². The van der Waals surface area contributed by atoms with E-state index in [4.69, 9.17) is 14.2 Å². The van der Waals surface area contributed by atoms with Crippen LogP contribution in [0.25, 0.3) is 11.1 Å². The maximum Gasteiger partial charge on any atom is 0.343 e. The molecule has 0 saturated carbocycles. The predicted molar refractivity (Wildman–Crippen MR) is 175 cm³/mol. The largest absolute Gasteiger partial charge is 0.494 e. The van der Waals surface area contributed by atoms with Gasteiger partial charge in [-0.3, -0.25) is 0 Å². The average molecular weight is 587 g/mol. The van der Waals surface area contributed by atoms with E-state index in [0.717, 1.165) is 55.6 Å². The number of hydrogen-bond donors (Lipinski definition) is 0. The molecule has 0 heterocycles. The molecule has 232 valence electrons. The highest BCUT2D eigenvalue weighted by Gasteiger charge is 2.16. The third-order valence-corrected chi connectivity index (χ3v) is 7.64. The van der Waals surface area contributed by atoms with Gasteiger partial charge in [0.05, 0.1) is 17.7 Å². The van der Waals surface area contributed by atoms with Crippen molar-refractivity contribution < 1.29 is 23.8 Å². The molecule has 1 atom stereocenters. The summed E-state index contributed by atoms with van der Waals surface area (Å²) >= 11 is 0. The van der Waals surface area contributed by atoms with Crippen LogP contribution in [0.2, 0.25) is 0 Å². The summed E-state index contributed by atoms with van der Waals surface area (Å²) in [5.41, 5.74) is 2.97. The fourth-order valence-corrected chi connectivity index (χ4v) is 5.04. The molecule has 5 nitrogen and oxygen atoms in total. The number of hydrogen-bond acceptors (Lipinski definition) is 5. The molecule has 0 bridgehead atoms. The first-order valence-electron chi connectivity index (χ1n) is 16.4. The number of unbranched alkanes of at least 4 members (excludes halogenated alkanes) is 8. The molecule has 0 unspecified atom stereocenters. The molecule has 3 rings (SSSR count). The van der Waals surface area contributed by atoms with Crippen LogP contribution in [0.1, 0.15) is 125 Å². The summed E-state index contributed by atoms with van der Waals surface area (Å²) in [5.74, 6) is 0.474. The standard InChI is InChI=1S/C38H50O5/c1-4-7-9-11-12-14-29-41-34-25-21-31(22-26-34)30-17-19-32(20-18-30)37(39)43-36-27-23-33(24-28-36)38(40)42-35(15-6-3)16-13-10-8-5-2/h17-28,35H,4-16,29H2,1-3H3/t35-/m0/s1. The summed E-state index contributed by atoms with van der Waals surface area (Å²) in [6.45, 7) is 7.27. The molecule has 0 saturated heterocycles. The minimum absolute atomic E-state index is 0.0593. The Bertz CT molecular complexity index is 1200. The summed E-state index contributed by atoms with van der Waals surface area (Å²) < 4.78 is 17.2. The Labute approximate surface area is 259 Å². The van der Waals surface area contributed by atoms with Crippen molar-refractivity contribution >= 4 is 11.9 Å². The van der Waals surface area contributed by atoms with Crippen molar-refractivity contribution in [3.63, 3.8) is 0 Å². The van der Waals surface area contributed by atoms with E-state index in [0.29, 0.717) is 16.9 Å². The zero-order valence-electron chi connectivity index (χ0n) is 26.4. The van der Waals surface area contributed by atoms with E-state index in [2.05, 4.69) is 20.8 Å². The van der Waals surface area contributed by atoms with Crippen molar-refractivity contribution in [2.75, 3.05) is 6.61 Å². The molecule has 0 amide bonds. The van der Waals surface area contributed by atoms with Gasteiger partial charge in [0.2, 0.25) is 0 Å². The van der Waals surface area contributed by atoms with Gasteiger partial charge in [-0.2, -0.15) is 0 Å². The minimum atomic E-state index is -0.449. The van der Waals surface area contributed by atoms with Gasteiger partial charge in [0.25, 0.3) is 0 Å². The topological polar surface area (TPSA) is 61.8 Å². The number of carbonyl (C=O) groups excluding carboxylic acids is 2. The monoisotopic (exact) mass is 586 g/mol. The van der Waals surface area contributed by atoms with Crippen LogP contribution >= 0.6 is 0 Å². The molecule has 3 aromatic rings. The van der Waals surface area contributed by atoms with Crippen molar-refractivity contribution in [3.05, 3.63) is 83.9 Å². The SMILES string of the molecule is CCCCCCCCOc1ccc(-c2ccc(C(=O)Oc3ccc(C(=O)O[C@@H](CCC)CCCCCC)cc3)cc2)cc1. The van der Waals surface area contributed by atoms with Crippen LogP contribution in [0.5, 0.6) is 11.5 Å². The first kappa shape index (κ1) is 33.9. The lowest BCUT2D eigenvalue weighted by Gasteiger charge is -2.17. The predicted octanol–water partition coefficient (Wildman–Crippen LogP) is 10.6. The van der Waals surface area contributed by atoms with Gasteiger partial charge in [0, 0.05) is 0 Å². The third kappa shape index (κ3) is 12.3. The van der Waals surface area contributed by atoms with E-state index >= 15 is 0 Å². The minimum Gasteiger partial charge on any atom is -0.494 e. The molecule has 43 heavy (non-hydrogen) atoms. The zero-order chi connectivity index (χ0) is 30.7. The Morgan fingerprint density at radius 1 is 0.535 bits per heavy atom. The molecule has 0 aliphatic heterocycles. The van der Waals surface area contributed by atoms with Gasteiger partial charge in [0.15, 0.2) is 0 Å². The molecule has 3 aromatic carbocycles. The molecular formula is C38H50O5. The van der Waals surface area contributed by atoms with Crippen molar-refractivity contribution in [1.29, 1.82) is 0 Å². The molecule has 0 aromatic heterocycles. The fourth-order valence-electron chi connectivity index (χ4n) is 5.04. The molecule has 0 spiro atoms. The van der Waals surface area contributed by atoms with Crippen LogP contribution in [-0.2, 0) is 4.74 Å². The molecular weight excluding hydrogens is 536 g/mol. The Balaban J connectivity index is 1.46. The van der Waals surface area contributed by atoms with E-state index in [9.17, 15) is 9.59 Å². The first-order chi connectivity index (χ1) is 21.0. The van der Waals surface area contributed by atoms with E-state index in [1.807, 2.05) is 36.4 Å². The zero-order valence-corrected chi connectivity index (χ0v) is 26.4. The van der Waals surface area contributed by atoms with Gasteiger partial charge in [-0.25, -0.2) is 9.59 Å². The molecule has 0 aliphatic carbocycles. The summed E-state index contributed by atoms with van der Waals surface area (Å²) in [5, 5.41) is 0. The number of ether oxygens (including phenoxy) is 3. The smallest absolute Gasteiger partial charge is 0.343 e. The van der Waals surface area contributed by atoms with E-state index in [1.54, 1.807) is 36.4 Å². The number of esters is 2. The Morgan fingerprint density at radius 2 is 1.05 bits per heavy atom. The summed E-state index contributed by atoms with van der Waals surface area (Å²) in [6.07, 6.45) is 14.8. The lowest BCUT2D eigenvalue weighted by Crippen LogP contribution is -2.18. The normalized spacial score (nSPS) is 11.6. The van der Waals surface area contributed by atoms with Crippen LogP contribution in [-0.4, -0.2) is 24.6 Å². The number of carbonyl (C=O) groups is 2. The summed E-state index contributed by atoms with van der Waals surface area (Å²) in [7, 11) is 0. The second-order valence-electron chi connectivity index (χ2n) is 11.3. The van der Waals surface area contributed by atoms with Crippen molar-refractivity contribution in [2.45, 2.75) is 110 Å². The van der Waals surface area contributed by atoms with Crippen molar-refractivity contribution in [1.82, 2.24) is 0 Å². The highest BCUT2D eigenvalue weighted by molar-refractivity contribution is 5.92. The number of benzene rings is 3. The molecule has 5 heteroatoms. The second-order valence-corrected chi connectivity index (χ2v) is 11.3. The van der Waals surface area contributed by atoms with Gasteiger partial charge < -0.3 is 14.2 Å². The quantitative estimate of drug-likeness (QED) is 0.0748. The van der Waals surface area contributed by atoms with E-state index < -0.39 is 5.97 Å². The van der Waals surface area contributed by atoms with Crippen LogP contribution in [0, 0.1) is 0 Å². The van der Waals surface area contributed by atoms with Crippen molar-refractivity contribution in [3.8, 4) is 22.6 Å².